The Balaban J connectivity index is 5.00. The first-order valence-electron chi connectivity index (χ1n) is 36.3. The molecule has 0 bridgehead atoms. The second kappa shape index (κ2) is 63.3. The lowest BCUT2D eigenvalue weighted by Gasteiger charge is -2.27. The molecule has 0 aromatic carbocycles. The smallest absolute Gasteiger partial charge is 0.456 e. The van der Waals surface area contributed by atoms with E-state index in [2.05, 4.69) is 50.4 Å². The minimum atomic E-state index is -4.45. The third-order valence-electron chi connectivity index (χ3n) is 16.6. The van der Waals surface area contributed by atoms with E-state index in [0.29, 0.717) is 23.9 Å². The summed E-state index contributed by atoms with van der Waals surface area (Å²) in [6.07, 6.45) is 78.8. The second-order valence-electron chi connectivity index (χ2n) is 26.1. The zero-order chi connectivity index (χ0) is 60.7. The average molecular weight is 1190 g/mol. The molecule has 3 unspecified atom stereocenters. The topological polar surface area (TPSA) is 111 Å². The number of carbonyl (C=O) groups is 2. The van der Waals surface area contributed by atoms with Crippen molar-refractivity contribution in [3.63, 3.8) is 0 Å². The van der Waals surface area contributed by atoms with E-state index in [0.717, 1.165) is 57.8 Å². The molecule has 10 heteroatoms. The number of phosphoric acid groups is 1. The lowest BCUT2D eigenvalue weighted by Crippen LogP contribution is -2.47. The standard InChI is InChI=1S/C73H141N2O7P/c1-7-10-13-16-19-22-25-28-30-32-33-34-35-36-37-38-39-40-41-43-45-48-51-54-57-60-63-66-73(77)82-71(64-61-58-55-52-49-46-27-24-21-18-15-12-9-3)70(69-81-83(78,79)80-68-67-75(4,5)6)74-72(76)65-62-59-56-53-50-47-44-42-31-29-26-23-20-17-14-11-8-2/h28-31,61,64,70-71H,7-27,32-60,62-63,65-69H2,1-6H3,(H-,74,76,78,79)/p+1/b30-28+,31-29+,64-61-. The van der Waals surface area contributed by atoms with Crippen LogP contribution >= 0.6 is 7.82 Å². The van der Waals surface area contributed by atoms with Gasteiger partial charge in [0, 0.05) is 12.8 Å². The molecule has 83 heavy (non-hydrogen) atoms. The quantitative estimate of drug-likeness (QED) is 0.0205. The number of likely N-dealkylation sites (N-methyl/N-ethyl adjacent to an activating group) is 1. The van der Waals surface area contributed by atoms with Crippen molar-refractivity contribution in [1.29, 1.82) is 0 Å². The number of hydrogen-bond donors (Lipinski definition) is 2. The van der Waals surface area contributed by atoms with Crippen LogP contribution in [0, 0.1) is 0 Å². The Hall–Kier alpha value is -1.77. The highest BCUT2D eigenvalue weighted by Gasteiger charge is 2.30. The van der Waals surface area contributed by atoms with Crippen LogP contribution in [0.4, 0.5) is 0 Å². The number of phosphoric ester groups is 1. The summed E-state index contributed by atoms with van der Waals surface area (Å²) in [5, 5.41) is 3.07. The van der Waals surface area contributed by atoms with E-state index in [4.69, 9.17) is 13.8 Å². The molecule has 490 valence electrons. The Morgan fingerprint density at radius 2 is 0.699 bits per heavy atom. The molecular weight excluding hydrogens is 1050 g/mol. The van der Waals surface area contributed by atoms with Crippen LogP contribution in [0.1, 0.15) is 367 Å². The van der Waals surface area contributed by atoms with Crippen LogP contribution in [0.5, 0.6) is 0 Å². The number of quaternary nitrogens is 1. The maximum Gasteiger partial charge on any atom is 0.472 e. The molecule has 0 spiro atoms. The van der Waals surface area contributed by atoms with Gasteiger partial charge in [0.05, 0.1) is 33.8 Å². The number of nitrogens with one attached hydrogen (secondary N) is 1. The minimum Gasteiger partial charge on any atom is -0.456 e. The van der Waals surface area contributed by atoms with Crippen molar-refractivity contribution in [2.24, 2.45) is 0 Å². The Kier molecular flexibility index (Phi) is 61.9. The maximum absolute atomic E-state index is 13.6. The van der Waals surface area contributed by atoms with Crippen LogP contribution in [0.25, 0.3) is 0 Å². The fourth-order valence-electron chi connectivity index (χ4n) is 10.9. The Bertz CT molecular complexity index is 1510. The van der Waals surface area contributed by atoms with Crippen molar-refractivity contribution >= 4 is 19.7 Å². The minimum absolute atomic E-state index is 0.0421. The first kappa shape index (κ1) is 81.2. The SMILES string of the molecule is CCCCCCCC/C=C/CCCCCCCCCCCCCCCCCCCC(=O)OC(/C=C\CCCCCCCCCCCCC)C(COP(=O)(O)OCC[N+](C)(C)C)NC(=O)CCCCCCCCC/C=C/CCCCCCCC. The fraction of sp³-hybridized carbons (Fsp3) is 0.890. The first-order chi connectivity index (χ1) is 40.4. The molecular formula is C73H142N2O7P+. The van der Waals surface area contributed by atoms with E-state index in [1.54, 1.807) is 0 Å². The van der Waals surface area contributed by atoms with Crippen LogP contribution in [0.15, 0.2) is 36.5 Å². The normalized spacial score (nSPS) is 13.7. The van der Waals surface area contributed by atoms with E-state index < -0.39 is 20.0 Å². The van der Waals surface area contributed by atoms with Crippen LogP contribution in [-0.2, 0) is 27.9 Å². The number of amides is 1. The summed E-state index contributed by atoms with van der Waals surface area (Å²) in [6, 6.07) is -0.848. The predicted molar refractivity (Wildman–Crippen MR) is 360 cm³/mol. The summed E-state index contributed by atoms with van der Waals surface area (Å²) in [7, 11) is 1.51. The lowest BCUT2D eigenvalue weighted by atomic mass is 10.0. The van der Waals surface area contributed by atoms with Gasteiger partial charge in [-0.2, -0.15) is 0 Å². The van der Waals surface area contributed by atoms with Crippen molar-refractivity contribution < 1.29 is 37.3 Å². The van der Waals surface area contributed by atoms with Crippen LogP contribution in [0.2, 0.25) is 0 Å². The zero-order valence-electron chi connectivity index (χ0n) is 56.2. The van der Waals surface area contributed by atoms with Crippen molar-refractivity contribution in [3.05, 3.63) is 36.5 Å². The Labute approximate surface area is 516 Å². The molecule has 0 saturated heterocycles. The first-order valence-corrected chi connectivity index (χ1v) is 37.8. The number of unbranched alkanes of at least 4 members (excludes halogenated alkanes) is 47. The van der Waals surface area contributed by atoms with Crippen molar-refractivity contribution in [3.8, 4) is 0 Å². The highest BCUT2D eigenvalue weighted by molar-refractivity contribution is 7.47. The third kappa shape index (κ3) is 64.5. The van der Waals surface area contributed by atoms with Gasteiger partial charge in [-0.15, -0.1) is 0 Å². The van der Waals surface area contributed by atoms with Crippen LogP contribution in [-0.4, -0.2) is 74.3 Å². The van der Waals surface area contributed by atoms with Crippen molar-refractivity contribution in [2.45, 2.75) is 380 Å². The summed E-state index contributed by atoms with van der Waals surface area (Å²) in [5.41, 5.74) is 0. The monoisotopic (exact) mass is 1190 g/mol. The number of rotatable bonds is 67. The van der Waals surface area contributed by atoms with Gasteiger partial charge in [-0.25, -0.2) is 4.57 Å². The highest BCUT2D eigenvalue weighted by atomic mass is 31.2. The van der Waals surface area contributed by atoms with E-state index in [1.165, 1.54) is 276 Å². The van der Waals surface area contributed by atoms with Gasteiger partial charge in [-0.3, -0.25) is 18.6 Å². The summed E-state index contributed by atoms with van der Waals surface area (Å²) >= 11 is 0. The molecule has 0 aliphatic heterocycles. The number of carbonyl (C=O) groups excluding carboxylic acids is 2. The van der Waals surface area contributed by atoms with E-state index in [1.807, 2.05) is 33.3 Å². The zero-order valence-corrected chi connectivity index (χ0v) is 57.1. The van der Waals surface area contributed by atoms with Crippen LogP contribution in [0.3, 0.4) is 0 Å². The molecule has 0 aliphatic rings. The van der Waals surface area contributed by atoms with E-state index >= 15 is 0 Å². The van der Waals surface area contributed by atoms with Gasteiger partial charge in [0.15, 0.2) is 0 Å². The molecule has 0 heterocycles. The number of esters is 1. The molecule has 0 radical (unpaired) electrons. The number of nitrogens with zero attached hydrogens (tertiary/aromatic N) is 1. The van der Waals surface area contributed by atoms with Crippen LogP contribution < -0.4 is 5.32 Å². The number of hydrogen-bond acceptors (Lipinski definition) is 6. The van der Waals surface area contributed by atoms with E-state index in [9.17, 15) is 19.0 Å². The molecule has 2 N–H and O–H groups in total. The second-order valence-corrected chi connectivity index (χ2v) is 27.6. The van der Waals surface area contributed by atoms with Gasteiger partial charge < -0.3 is 19.4 Å². The van der Waals surface area contributed by atoms with Gasteiger partial charge in [0.2, 0.25) is 5.91 Å². The van der Waals surface area contributed by atoms with Gasteiger partial charge in [-0.1, -0.05) is 308 Å². The maximum atomic E-state index is 13.6. The largest absolute Gasteiger partial charge is 0.472 e. The molecule has 0 rings (SSSR count). The molecule has 0 aliphatic carbocycles. The summed E-state index contributed by atoms with van der Waals surface area (Å²) in [4.78, 5) is 37.9. The molecule has 3 atom stereocenters. The number of allylic oxidation sites excluding steroid dienone is 5. The molecule has 1 amide bonds. The number of ether oxygens (including phenoxy) is 1. The Morgan fingerprint density at radius 1 is 0.410 bits per heavy atom. The molecule has 9 nitrogen and oxygen atoms in total. The average Bonchev–Trinajstić information content (AvgIpc) is 3.47. The van der Waals surface area contributed by atoms with Gasteiger partial charge in [0.25, 0.3) is 0 Å². The Morgan fingerprint density at radius 3 is 1.02 bits per heavy atom. The molecule has 0 aromatic rings. The predicted octanol–water partition coefficient (Wildman–Crippen LogP) is 23.0. The lowest BCUT2D eigenvalue weighted by molar-refractivity contribution is -0.870. The molecule has 0 fully saturated rings. The van der Waals surface area contributed by atoms with Gasteiger partial charge in [-0.05, 0) is 83.1 Å². The van der Waals surface area contributed by atoms with Crippen molar-refractivity contribution in [1.82, 2.24) is 5.32 Å². The summed E-state index contributed by atoms with van der Waals surface area (Å²) in [6.45, 7) is 7.06. The molecule has 0 saturated carbocycles. The van der Waals surface area contributed by atoms with E-state index in [-0.39, 0.29) is 25.1 Å². The van der Waals surface area contributed by atoms with Gasteiger partial charge >= 0.3 is 13.8 Å². The van der Waals surface area contributed by atoms with Gasteiger partial charge in [0.1, 0.15) is 19.3 Å². The summed E-state index contributed by atoms with van der Waals surface area (Å²) in [5.74, 6) is -0.490. The third-order valence-corrected chi connectivity index (χ3v) is 17.5. The van der Waals surface area contributed by atoms with Crippen molar-refractivity contribution in [2.75, 3.05) is 40.9 Å². The highest BCUT2D eigenvalue weighted by Crippen LogP contribution is 2.43. The summed E-state index contributed by atoms with van der Waals surface area (Å²) < 4.78 is 30.8. The molecule has 0 aromatic heterocycles. The fourth-order valence-corrected chi connectivity index (χ4v) is 11.7.